The van der Waals surface area contributed by atoms with E-state index in [4.69, 9.17) is 9.84 Å². The van der Waals surface area contributed by atoms with E-state index in [0.717, 1.165) is 0 Å². The van der Waals surface area contributed by atoms with Crippen molar-refractivity contribution in [3.8, 4) is 0 Å². The zero-order valence-corrected chi connectivity index (χ0v) is 7.17. The van der Waals surface area contributed by atoms with Crippen LogP contribution in [0.25, 0.3) is 0 Å². The summed E-state index contributed by atoms with van der Waals surface area (Å²) < 4.78 is 4.78. The molecule has 6 heteroatoms. The van der Waals surface area contributed by atoms with Gasteiger partial charge in [-0.25, -0.2) is 0 Å². The van der Waals surface area contributed by atoms with Crippen molar-refractivity contribution in [2.45, 2.75) is 31.5 Å². The van der Waals surface area contributed by atoms with Crippen molar-refractivity contribution >= 4 is 5.91 Å². The zero-order chi connectivity index (χ0) is 10.0. The van der Waals surface area contributed by atoms with E-state index >= 15 is 0 Å². The maximum atomic E-state index is 10.6. The van der Waals surface area contributed by atoms with Gasteiger partial charge in [0, 0.05) is 6.92 Å². The van der Waals surface area contributed by atoms with Crippen LogP contribution in [-0.2, 0) is 9.53 Å². The van der Waals surface area contributed by atoms with Gasteiger partial charge in [0.05, 0.1) is 6.61 Å². The number of amides is 1. The van der Waals surface area contributed by atoms with Crippen LogP contribution in [0.2, 0.25) is 0 Å². The highest BCUT2D eigenvalue weighted by molar-refractivity contribution is 5.73. The molecule has 0 aromatic rings. The van der Waals surface area contributed by atoms with Gasteiger partial charge in [0.1, 0.15) is 18.2 Å². The Morgan fingerprint density at radius 1 is 1.54 bits per heavy atom. The molecule has 4 N–H and O–H groups in total. The summed E-state index contributed by atoms with van der Waals surface area (Å²) in [6.07, 6.45) is -3.19. The number of carbonyl (C=O) groups excluding carboxylic acids is 1. The van der Waals surface area contributed by atoms with Gasteiger partial charge >= 0.3 is 0 Å². The van der Waals surface area contributed by atoms with E-state index in [1.165, 1.54) is 6.92 Å². The first-order valence-electron chi connectivity index (χ1n) is 3.96. The number of aliphatic hydroxyl groups excluding tert-OH is 3. The summed E-state index contributed by atoms with van der Waals surface area (Å²) >= 11 is 0. The Bertz CT molecular complexity index is 197. The first kappa shape index (κ1) is 10.4. The molecule has 4 atom stereocenters. The van der Waals surface area contributed by atoms with Crippen LogP contribution in [0.15, 0.2) is 0 Å². The molecule has 0 saturated carbocycles. The zero-order valence-electron chi connectivity index (χ0n) is 7.17. The molecule has 4 unspecified atom stereocenters. The highest BCUT2D eigenvalue weighted by Gasteiger charge is 2.42. The number of hydrogen-bond acceptors (Lipinski definition) is 5. The smallest absolute Gasteiger partial charge is 0.217 e. The Morgan fingerprint density at radius 2 is 2.15 bits per heavy atom. The fourth-order valence-corrected chi connectivity index (χ4v) is 1.29. The summed E-state index contributed by atoms with van der Waals surface area (Å²) in [6.45, 7) is 0.875. The predicted molar refractivity (Wildman–Crippen MR) is 41.6 cm³/mol. The maximum Gasteiger partial charge on any atom is 0.217 e. The minimum absolute atomic E-state index is 0.370. The van der Waals surface area contributed by atoms with E-state index in [9.17, 15) is 15.0 Å². The fourth-order valence-electron chi connectivity index (χ4n) is 1.29. The lowest BCUT2D eigenvalue weighted by Crippen LogP contribution is -2.47. The Balaban J connectivity index is 2.58. The number of ether oxygens (including phenoxy) is 1. The SMILES string of the molecule is CC(=O)NC1C(O)OC(CO)C1O. The van der Waals surface area contributed by atoms with Crippen LogP contribution in [0.1, 0.15) is 6.92 Å². The number of nitrogens with one attached hydrogen (secondary N) is 1. The summed E-state index contributed by atoms with van der Waals surface area (Å²) in [5, 5.41) is 29.6. The Morgan fingerprint density at radius 3 is 2.54 bits per heavy atom. The van der Waals surface area contributed by atoms with Crippen molar-refractivity contribution < 1.29 is 24.9 Å². The molecule has 1 saturated heterocycles. The van der Waals surface area contributed by atoms with E-state index in [1.807, 2.05) is 0 Å². The average molecular weight is 191 g/mol. The Kier molecular flexibility index (Phi) is 3.21. The van der Waals surface area contributed by atoms with Crippen LogP contribution >= 0.6 is 0 Å². The lowest BCUT2D eigenvalue weighted by Gasteiger charge is -2.17. The second-order valence-electron chi connectivity index (χ2n) is 2.96. The number of hydrogen-bond donors (Lipinski definition) is 4. The third kappa shape index (κ3) is 2.16. The molecule has 0 aromatic heterocycles. The highest BCUT2D eigenvalue weighted by atomic mass is 16.6. The summed E-state index contributed by atoms with van der Waals surface area (Å²) in [4.78, 5) is 10.6. The highest BCUT2D eigenvalue weighted by Crippen LogP contribution is 2.18. The van der Waals surface area contributed by atoms with Crippen molar-refractivity contribution in [3.05, 3.63) is 0 Å². The van der Waals surface area contributed by atoms with Crippen molar-refractivity contribution in [1.82, 2.24) is 5.32 Å². The second-order valence-corrected chi connectivity index (χ2v) is 2.96. The molecule has 0 bridgehead atoms. The number of rotatable bonds is 2. The average Bonchev–Trinajstić information content (AvgIpc) is 2.31. The van der Waals surface area contributed by atoms with Crippen LogP contribution < -0.4 is 5.32 Å². The molecule has 1 amide bonds. The molecule has 76 valence electrons. The molecule has 1 rings (SSSR count). The van der Waals surface area contributed by atoms with Gasteiger partial charge in [-0.1, -0.05) is 0 Å². The molecule has 0 aliphatic carbocycles. The summed E-state index contributed by atoms with van der Waals surface area (Å²) in [5.74, 6) is -0.370. The van der Waals surface area contributed by atoms with Gasteiger partial charge < -0.3 is 25.4 Å². The van der Waals surface area contributed by atoms with Crippen molar-refractivity contribution in [3.63, 3.8) is 0 Å². The summed E-state index contributed by atoms with van der Waals surface area (Å²) in [5.41, 5.74) is 0. The standard InChI is InChI=1S/C7H13NO5/c1-3(10)8-5-6(11)4(2-9)13-7(5)12/h4-7,9,11-12H,2H2,1H3,(H,8,10). The Labute approximate surface area is 75.1 Å². The lowest BCUT2D eigenvalue weighted by molar-refractivity contribution is -0.127. The Hall–Kier alpha value is -0.690. The van der Waals surface area contributed by atoms with Gasteiger partial charge in [-0.15, -0.1) is 0 Å². The molecule has 0 spiro atoms. The van der Waals surface area contributed by atoms with Crippen molar-refractivity contribution in [1.29, 1.82) is 0 Å². The van der Waals surface area contributed by atoms with E-state index in [2.05, 4.69) is 5.32 Å². The molecule has 1 aliphatic heterocycles. The van der Waals surface area contributed by atoms with Gasteiger partial charge in [0.25, 0.3) is 0 Å². The van der Waals surface area contributed by atoms with Crippen molar-refractivity contribution in [2.75, 3.05) is 6.61 Å². The minimum Gasteiger partial charge on any atom is -0.394 e. The monoisotopic (exact) mass is 191 g/mol. The first-order chi connectivity index (χ1) is 6.06. The van der Waals surface area contributed by atoms with Crippen molar-refractivity contribution in [2.24, 2.45) is 0 Å². The van der Waals surface area contributed by atoms with E-state index in [0.29, 0.717) is 0 Å². The molecular formula is C7H13NO5. The molecule has 0 aromatic carbocycles. The van der Waals surface area contributed by atoms with E-state index < -0.39 is 31.1 Å². The van der Waals surface area contributed by atoms with E-state index in [1.54, 1.807) is 0 Å². The summed E-state index contributed by atoms with van der Waals surface area (Å²) in [7, 11) is 0. The summed E-state index contributed by atoms with van der Waals surface area (Å²) in [6, 6.07) is -0.866. The third-order valence-corrected chi connectivity index (χ3v) is 1.92. The fraction of sp³-hybridized carbons (Fsp3) is 0.857. The molecule has 13 heavy (non-hydrogen) atoms. The van der Waals surface area contributed by atoms with Crippen LogP contribution in [0, 0.1) is 0 Å². The van der Waals surface area contributed by atoms with Crippen LogP contribution in [0.4, 0.5) is 0 Å². The maximum absolute atomic E-state index is 10.6. The number of aliphatic hydroxyl groups is 3. The lowest BCUT2D eigenvalue weighted by atomic mass is 10.1. The normalized spacial score (nSPS) is 39.1. The van der Waals surface area contributed by atoms with Gasteiger partial charge in [-0.05, 0) is 0 Å². The predicted octanol–water partition coefficient (Wildman–Crippen LogP) is -2.44. The molecule has 1 heterocycles. The topological polar surface area (TPSA) is 99.0 Å². The first-order valence-corrected chi connectivity index (χ1v) is 3.96. The molecular weight excluding hydrogens is 178 g/mol. The van der Waals surface area contributed by atoms with E-state index in [-0.39, 0.29) is 5.91 Å². The largest absolute Gasteiger partial charge is 0.394 e. The number of carbonyl (C=O) groups is 1. The second kappa shape index (κ2) is 4.01. The minimum atomic E-state index is -1.27. The molecule has 1 fully saturated rings. The molecule has 1 aliphatic rings. The quantitative estimate of drug-likeness (QED) is 0.388. The van der Waals surface area contributed by atoms with Crippen LogP contribution in [-0.4, -0.2) is 52.4 Å². The third-order valence-electron chi connectivity index (χ3n) is 1.92. The van der Waals surface area contributed by atoms with Gasteiger partial charge in [0.2, 0.25) is 5.91 Å². The van der Waals surface area contributed by atoms with Gasteiger partial charge in [-0.3, -0.25) is 4.79 Å². The van der Waals surface area contributed by atoms with Crippen LogP contribution in [0.3, 0.4) is 0 Å². The van der Waals surface area contributed by atoms with Gasteiger partial charge in [0.15, 0.2) is 6.29 Å². The van der Waals surface area contributed by atoms with Gasteiger partial charge in [-0.2, -0.15) is 0 Å². The van der Waals surface area contributed by atoms with Crippen LogP contribution in [0.5, 0.6) is 0 Å². The molecule has 0 radical (unpaired) electrons. The molecule has 6 nitrogen and oxygen atoms in total.